The van der Waals surface area contributed by atoms with Gasteiger partial charge in [0.05, 0.1) is 16.4 Å². The molecule has 1 heterocycles. The zero-order valence-electron chi connectivity index (χ0n) is 12.0. The second-order valence-corrected chi connectivity index (χ2v) is 5.51. The highest BCUT2D eigenvalue weighted by Gasteiger charge is 2.34. The molecule has 0 aliphatic carbocycles. The van der Waals surface area contributed by atoms with Crippen LogP contribution in [0.5, 0.6) is 5.75 Å². The number of halogens is 2. The summed E-state index contributed by atoms with van der Waals surface area (Å²) in [6, 6.07) is 8.77. The number of carbonyl (C=O) groups is 2. The third kappa shape index (κ3) is 3.12. The maximum absolute atomic E-state index is 13.0. The van der Waals surface area contributed by atoms with Crippen molar-refractivity contribution in [1.82, 2.24) is 0 Å². The number of ether oxygens (including phenoxy) is 1. The largest absolute Gasteiger partial charge is 0.468 e. The van der Waals surface area contributed by atoms with E-state index in [1.165, 1.54) is 6.07 Å². The molecular weight excluding hydrogens is 323 g/mol. The molecule has 0 fully saturated rings. The number of fused-ring (bicyclic) bond motifs is 1. The Bertz CT molecular complexity index is 810. The van der Waals surface area contributed by atoms with Gasteiger partial charge in [0.1, 0.15) is 11.6 Å². The number of carbonyl (C=O) groups excluding carboxylic acids is 2. The van der Waals surface area contributed by atoms with Crippen molar-refractivity contribution in [3.05, 3.63) is 52.8 Å². The molecule has 2 N–H and O–H groups in total. The number of amides is 2. The van der Waals surface area contributed by atoms with E-state index in [1.54, 1.807) is 12.1 Å². The topological polar surface area (TPSA) is 67.4 Å². The normalized spacial score (nSPS) is 16.1. The first-order chi connectivity index (χ1) is 10.9. The van der Waals surface area contributed by atoms with E-state index in [0.717, 1.165) is 17.7 Å². The smallest absolute Gasteiger partial charge is 0.275 e. The van der Waals surface area contributed by atoms with Crippen LogP contribution in [0.25, 0.3) is 0 Å². The van der Waals surface area contributed by atoms with Crippen LogP contribution in [0.3, 0.4) is 0 Å². The first-order valence-corrected chi connectivity index (χ1v) is 7.16. The molecule has 0 aromatic heterocycles. The maximum Gasteiger partial charge on any atom is 0.275 e. The molecule has 2 amide bonds. The third-order valence-electron chi connectivity index (χ3n) is 3.30. The molecule has 0 radical (unpaired) electrons. The quantitative estimate of drug-likeness (QED) is 0.829. The standard InChI is InChI=1S/C16H12ClFN2O3/c1-8-2-5-13-12(6-8)20-16(22)14(23-13)15(21)19-11-4-3-9(18)7-10(11)17/h2-7,14H,1H3,(H,19,21)(H,20,22)/t14-/m0/s1. The van der Waals surface area contributed by atoms with E-state index >= 15 is 0 Å². The Kier molecular flexibility index (Phi) is 3.92. The van der Waals surface area contributed by atoms with Crippen LogP contribution in [-0.4, -0.2) is 17.9 Å². The van der Waals surface area contributed by atoms with Gasteiger partial charge in [0.2, 0.25) is 0 Å². The number of benzene rings is 2. The third-order valence-corrected chi connectivity index (χ3v) is 3.62. The minimum Gasteiger partial charge on any atom is -0.468 e. The lowest BCUT2D eigenvalue weighted by atomic mass is 10.1. The molecule has 1 aliphatic rings. The van der Waals surface area contributed by atoms with Gasteiger partial charge in [0, 0.05) is 0 Å². The predicted molar refractivity (Wildman–Crippen MR) is 84.3 cm³/mol. The minimum absolute atomic E-state index is 0.0330. The molecule has 1 aliphatic heterocycles. The number of nitrogens with one attached hydrogen (secondary N) is 2. The molecule has 0 unspecified atom stereocenters. The van der Waals surface area contributed by atoms with Gasteiger partial charge in [-0.3, -0.25) is 9.59 Å². The lowest BCUT2D eigenvalue weighted by Gasteiger charge is -2.25. The summed E-state index contributed by atoms with van der Waals surface area (Å²) < 4.78 is 18.5. The van der Waals surface area contributed by atoms with Crippen LogP contribution >= 0.6 is 11.6 Å². The summed E-state index contributed by atoms with van der Waals surface area (Å²) >= 11 is 5.85. The fourth-order valence-corrected chi connectivity index (χ4v) is 2.40. The molecule has 1 atom stereocenters. The van der Waals surface area contributed by atoms with E-state index in [4.69, 9.17) is 16.3 Å². The highest BCUT2D eigenvalue weighted by molar-refractivity contribution is 6.34. The van der Waals surface area contributed by atoms with Gasteiger partial charge in [-0.25, -0.2) is 4.39 Å². The maximum atomic E-state index is 13.0. The number of aryl methyl sites for hydroxylation is 1. The molecule has 0 saturated carbocycles. The van der Waals surface area contributed by atoms with E-state index in [1.807, 2.05) is 13.0 Å². The molecular formula is C16H12ClFN2O3. The minimum atomic E-state index is -1.36. The molecule has 3 rings (SSSR count). The van der Waals surface area contributed by atoms with Crippen LogP contribution in [0.15, 0.2) is 36.4 Å². The molecule has 118 valence electrons. The monoisotopic (exact) mass is 334 g/mol. The Morgan fingerprint density at radius 3 is 2.83 bits per heavy atom. The SMILES string of the molecule is Cc1ccc2c(c1)NC(=O)[C@H](C(=O)Nc1ccc(F)cc1Cl)O2. The van der Waals surface area contributed by atoms with Gasteiger partial charge in [-0.15, -0.1) is 0 Å². The Labute approximate surface area is 136 Å². The summed E-state index contributed by atoms with van der Waals surface area (Å²) in [5.74, 6) is -1.40. The number of hydrogen-bond donors (Lipinski definition) is 2. The molecule has 7 heteroatoms. The highest BCUT2D eigenvalue weighted by atomic mass is 35.5. The van der Waals surface area contributed by atoms with Crippen molar-refractivity contribution in [1.29, 1.82) is 0 Å². The highest BCUT2D eigenvalue weighted by Crippen LogP contribution is 2.31. The molecule has 0 saturated heterocycles. The van der Waals surface area contributed by atoms with Crippen molar-refractivity contribution in [2.24, 2.45) is 0 Å². The fourth-order valence-electron chi connectivity index (χ4n) is 2.18. The Balaban J connectivity index is 1.80. The fraction of sp³-hybridized carbons (Fsp3) is 0.125. The van der Waals surface area contributed by atoms with Crippen molar-refractivity contribution in [2.75, 3.05) is 10.6 Å². The van der Waals surface area contributed by atoms with Crippen molar-refractivity contribution in [3.8, 4) is 5.75 Å². The zero-order valence-corrected chi connectivity index (χ0v) is 12.8. The first kappa shape index (κ1) is 15.3. The average Bonchev–Trinajstić information content (AvgIpc) is 2.49. The molecule has 23 heavy (non-hydrogen) atoms. The van der Waals surface area contributed by atoms with Gasteiger partial charge in [-0.05, 0) is 42.8 Å². The Morgan fingerprint density at radius 2 is 2.09 bits per heavy atom. The number of hydrogen-bond acceptors (Lipinski definition) is 3. The lowest BCUT2D eigenvalue weighted by Crippen LogP contribution is -2.45. The van der Waals surface area contributed by atoms with E-state index in [-0.39, 0.29) is 10.7 Å². The van der Waals surface area contributed by atoms with Crippen molar-refractivity contribution >= 4 is 34.8 Å². The summed E-state index contributed by atoms with van der Waals surface area (Å²) in [6.45, 7) is 1.88. The predicted octanol–water partition coefficient (Wildman–Crippen LogP) is 3.13. The summed E-state index contributed by atoms with van der Waals surface area (Å²) in [7, 11) is 0. The van der Waals surface area contributed by atoms with Crippen LogP contribution in [0, 0.1) is 12.7 Å². The van der Waals surface area contributed by atoms with E-state index in [2.05, 4.69) is 10.6 Å². The second-order valence-electron chi connectivity index (χ2n) is 5.10. The molecule has 5 nitrogen and oxygen atoms in total. The van der Waals surface area contributed by atoms with Gasteiger partial charge in [-0.2, -0.15) is 0 Å². The van der Waals surface area contributed by atoms with Crippen LogP contribution in [0.1, 0.15) is 5.56 Å². The average molecular weight is 335 g/mol. The van der Waals surface area contributed by atoms with Crippen LogP contribution in [-0.2, 0) is 9.59 Å². The molecule has 0 spiro atoms. The van der Waals surface area contributed by atoms with Crippen molar-refractivity contribution in [3.63, 3.8) is 0 Å². The van der Waals surface area contributed by atoms with Gasteiger partial charge >= 0.3 is 0 Å². The summed E-state index contributed by atoms with van der Waals surface area (Å²) in [5.41, 5.74) is 1.66. The number of anilines is 2. The molecule has 2 aromatic rings. The van der Waals surface area contributed by atoms with Gasteiger partial charge in [-0.1, -0.05) is 17.7 Å². The van der Waals surface area contributed by atoms with Gasteiger partial charge < -0.3 is 15.4 Å². The summed E-state index contributed by atoms with van der Waals surface area (Å²) in [5, 5.41) is 5.11. The second kappa shape index (κ2) is 5.89. The van der Waals surface area contributed by atoms with E-state index < -0.39 is 23.7 Å². The Morgan fingerprint density at radius 1 is 1.30 bits per heavy atom. The van der Waals surface area contributed by atoms with Crippen molar-refractivity contribution < 1.29 is 18.7 Å². The molecule has 2 aromatic carbocycles. The van der Waals surface area contributed by atoms with E-state index in [0.29, 0.717) is 11.4 Å². The van der Waals surface area contributed by atoms with Gasteiger partial charge in [0.25, 0.3) is 17.9 Å². The Hall–Kier alpha value is -2.60. The van der Waals surface area contributed by atoms with Gasteiger partial charge in [0.15, 0.2) is 0 Å². The first-order valence-electron chi connectivity index (χ1n) is 6.78. The van der Waals surface area contributed by atoms with E-state index in [9.17, 15) is 14.0 Å². The van der Waals surface area contributed by atoms with Crippen LogP contribution in [0.4, 0.5) is 15.8 Å². The lowest BCUT2D eigenvalue weighted by molar-refractivity contribution is -0.133. The summed E-state index contributed by atoms with van der Waals surface area (Å²) in [6.07, 6.45) is -1.36. The van der Waals surface area contributed by atoms with Crippen LogP contribution in [0.2, 0.25) is 5.02 Å². The zero-order chi connectivity index (χ0) is 16.6. The summed E-state index contributed by atoms with van der Waals surface area (Å²) in [4.78, 5) is 24.3. The number of rotatable bonds is 2. The van der Waals surface area contributed by atoms with Crippen molar-refractivity contribution in [2.45, 2.75) is 13.0 Å². The molecule has 0 bridgehead atoms. The van der Waals surface area contributed by atoms with Crippen LogP contribution < -0.4 is 15.4 Å².